The summed E-state index contributed by atoms with van der Waals surface area (Å²) in [6, 6.07) is 7.57. The molecule has 3 aromatic carbocycles. The highest BCUT2D eigenvalue weighted by Gasteiger charge is 2.60. The average molecular weight is 615 g/mol. The fourth-order valence-electron chi connectivity index (χ4n) is 5.67. The SMILES string of the molecule is C/C(=N\NC(=O)Nc1ccccc1Cl)C1=C(O)[C@@]2(O)C(=O)c3c(c(C)c4ccc(C)c(O)c4c3O)C[C@H]2[C@@H](N)C1=O.Cl. The first-order chi connectivity index (χ1) is 19.3. The van der Waals surface area contributed by atoms with Crippen LogP contribution in [0.15, 0.2) is 52.8 Å². The molecule has 5 rings (SSSR count). The molecule has 0 bridgehead atoms. The van der Waals surface area contributed by atoms with Crippen molar-refractivity contribution in [2.24, 2.45) is 16.8 Å². The number of anilines is 1. The highest BCUT2D eigenvalue weighted by Crippen LogP contribution is 2.50. The molecule has 8 N–H and O–H groups in total. The number of ketones is 2. The number of carbonyl (C=O) groups is 3. The van der Waals surface area contributed by atoms with Gasteiger partial charge in [0.15, 0.2) is 11.4 Å². The Morgan fingerprint density at radius 1 is 1.10 bits per heavy atom. The standard InChI is InChI=1S/C29H27ClN4O7.ClH/c1-11-8-9-14-12(2)15-10-16-22(31)25(37)19(13(3)33-34-28(40)32-18-7-5-4-6-17(18)30)26(38)29(16,41)27(39)21(15)24(36)20(14)23(11)35;/h4-9,16,22,35-36,38,41H,10,31H2,1-3H3,(H2,32,34,40);1H/b33-13+;/t16-,22+,29+;/m0./s1. The molecule has 0 saturated carbocycles. The van der Waals surface area contributed by atoms with Crippen LogP contribution in [0, 0.1) is 19.8 Å². The summed E-state index contributed by atoms with van der Waals surface area (Å²) in [4.78, 5) is 39.6. The van der Waals surface area contributed by atoms with Crippen LogP contribution in [0.3, 0.4) is 0 Å². The first kappa shape index (κ1) is 30.8. The van der Waals surface area contributed by atoms with Crippen molar-refractivity contribution in [3.05, 3.63) is 75.0 Å². The van der Waals surface area contributed by atoms with E-state index in [1.165, 1.54) is 6.92 Å². The number of aliphatic hydroxyl groups excluding tert-OH is 1. The Kier molecular flexibility index (Phi) is 8.00. The molecule has 3 aromatic rings. The van der Waals surface area contributed by atoms with Crippen LogP contribution in [0.25, 0.3) is 10.8 Å². The number of aromatic hydroxyl groups is 2. The van der Waals surface area contributed by atoms with Gasteiger partial charge in [0, 0.05) is 5.92 Å². The Hall–Kier alpha value is -4.16. The number of hydrogen-bond donors (Lipinski definition) is 7. The van der Waals surface area contributed by atoms with Crippen molar-refractivity contribution < 1.29 is 34.8 Å². The van der Waals surface area contributed by atoms with E-state index in [1.807, 2.05) is 0 Å². The predicted molar refractivity (Wildman–Crippen MR) is 160 cm³/mol. The molecule has 220 valence electrons. The van der Waals surface area contributed by atoms with Crippen LogP contribution in [-0.2, 0) is 11.2 Å². The third-order valence-corrected chi connectivity index (χ3v) is 8.26. The zero-order chi connectivity index (χ0) is 30.0. The number of phenolic OH excluding ortho intramolecular Hbond substituents is 2. The highest BCUT2D eigenvalue weighted by molar-refractivity contribution is 6.33. The number of phenols is 2. The number of Topliss-reactive ketones (excluding diaryl/α,β-unsaturated/α-hetero) is 2. The molecule has 0 heterocycles. The molecule has 2 amide bonds. The van der Waals surface area contributed by atoms with E-state index in [1.54, 1.807) is 50.2 Å². The Bertz CT molecular complexity index is 1750. The van der Waals surface area contributed by atoms with Crippen molar-refractivity contribution in [1.82, 2.24) is 5.43 Å². The lowest BCUT2D eigenvalue weighted by Gasteiger charge is -2.45. The van der Waals surface area contributed by atoms with Crippen LogP contribution in [-0.4, -0.2) is 55.4 Å². The quantitative estimate of drug-likeness (QED) is 0.170. The summed E-state index contributed by atoms with van der Waals surface area (Å²) in [6.45, 7) is 4.61. The van der Waals surface area contributed by atoms with Crippen molar-refractivity contribution in [2.75, 3.05) is 5.32 Å². The summed E-state index contributed by atoms with van der Waals surface area (Å²) in [5.74, 6) is -4.92. The van der Waals surface area contributed by atoms with Gasteiger partial charge in [-0.3, -0.25) is 9.59 Å². The number of amides is 2. The second kappa shape index (κ2) is 10.9. The van der Waals surface area contributed by atoms with Crippen molar-refractivity contribution >= 4 is 63.8 Å². The van der Waals surface area contributed by atoms with Gasteiger partial charge in [0.05, 0.1) is 39.0 Å². The number of para-hydroxylation sites is 1. The monoisotopic (exact) mass is 614 g/mol. The molecule has 11 nitrogen and oxygen atoms in total. The van der Waals surface area contributed by atoms with E-state index in [0.717, 1.165) is 0 Å². The number of hydrogen-bond acceptors (Lipinski definition) is 9. The van der Waals surface area contributed by atoms with Crippen LogP contribution in [0.4, 0.5) is 10.5 Å². The Labute approximate surface area is 251 Å². The van der Waals surface area contributed by atoms with Crippen LogP contribution < -0.4 is 16.5 Å². The molecule has 0 saturated heterocycles. The number of nitrogens with zero attached hydrogens (tertiary/aromatic N) is 1. The van der Waals surface area contributed by atoms with Gasteiger partial charge in [-0.25, -0.2) is 10.2 Å². The first-order valence-corrected chi connectivity index (χ1v) is 13.0. The number of aryl methyl sites for hydroxylation is 2. The topological polar surface area (TPSA) is 195 Å². The number of benzene rings is 3. The minimum atomic E-state index is -2.69. The van der Waals surface area contributed by atoms with Gasteiger partial charge in [-0.05, 0) is 61.4 Å². The molecule has 13 heteroatoms. The van der Waals surface area contributed by atoms with Gasteiger partial charge < -0.3 is 31.5 Å². The van der Waals surface area contributed by atoms with Crippen LogP contribution in [0.2, 0.25) is 5.02 Å². The number of urea groups is 1. The molecule has 0 spiro atoms. The lowest BCUT2D eigenvalue weighted by molar-refractivity contribution is -0.122. The number of halogens is 2. The van der Waals surface area contributed by atoms with Crippen LogP contribution in [0.1, 0.15) is 34.0 Å². The first-order valence-electron chi connectivity index (χ1n) is 12.6. The predicted octanol–water partition coefficient (Wildman–Crippen LogP) is 3.95. The average Bonchev–Trinajstić information content (AvgIpc) is 2.93. The second-order valence-electron chi connectivity index (χ2n) is 10.2. The molecule has 2 aliphatic carbocycles. The van der Waals surface area contributed by atoms with Gasteiger partial charge in [-0.1, -0.05) is 35.9 Å². The van der Waals surface area contributed by atoms with E-state index in [4.69, 9.17) is 17.3 Å². The van der Waals surface area contributed by atoms with Crippen LogP contribution >= 0.6 is 24.0 Å². The van der Waals surface area contributed by atoms with E-state index in [9.17, 15) is 34.8 Å². The van der Waals surface area contributed by atoms with Gasteiger partial charge >= 0.3 is 6.03 Å². The molecule has 0 aromatic heterocycles. The fraction of sp³-hybridized carbons (Fsp3) is 0.241. The van der Waals surface area contributed by atoms with Crippen molar-refractivity contribution in [2.45, 2.75) is 38.8 Å². The summed E-state index contributed by atoms with van der Waals surface area (Å²) in [6.07, 6.45) is -0.125. The minimum Gasteiger partial charge on any atom is -0.508 e. The van der Waals surface area contributed by atoms with Gasteiger partial charge in [-0.2, -0.15) is 5.10 Å². The van der Waals surface area contributed by atoms with Gasteiger partial charge in [0.2, 0.25) is 5.78 Å². The molecule has 0 aliphatic heterocycles. The summed E-state index contributed by atoms with van der Waals surface area (Å²) < 4.78 is 0. The summed E-state index contributed by atoms with van der Waals surface area (Å²) >= 11 is 6.04. The third kappa shape index (κ3) is 4.45. The van der Waals surface area contributed by atoms with Gasteiger partial charge in [0.25, 0.3) is 0 Å². The molecule has 2 aliphatic rings. The van der Waals surface area contributed by atoms with E-state index in [-0.39, 0.29) is 46.3 Å². The van der Waals surface area contributed by atoms with E-state index >= 15 is 0 Å². The van der Waals surface area contributed by atoms with E-state index < -0.39 is 52.2 Å². The zero-order valence-corrected chi connectivity index (χ0v) is 24.2. The summed E-state index contributed by atoms with van der Waals surface area (Å²) in [5.41, 5.74) is 6.36. The number of rotatable bonds is 3. The molecular formula is C29H28Cl2N4O7. The lowest BCUT2D eigenvalue weighted by Crippen LogP contribution is -2.63. The van der Waals surface area contributed by atoms with Crippen molar-refractivity contribution in [3.63, 3.8) is 0 Å². The minimum absolute atomic E-state index is 0. The van der Waals surface area contributed by atoms with Gasteiger partial charge in [-0.15, -0.1) is 12.4 Å². The maximum atomic E-state index is 13.9. The molecule has 0 unspecified atom stereocenters. The molecule has 42 heavy (non-hydrogen) atoms. The number of nitrogens with one attached hydrogen (secondary N) is 2. The zero-order valence-electron chi connectivity index (χ0n) is 22.7. The van der Waals surface area contributed by atoms with Crippen molar-refractivity contribution in [1.29, 1.82) is 0 Å². The Balaban J connectivity index is 0.00000405. The van der Waals surface area contributed by atoms with Crippen molar-refractivity contribution in [3.8, 4) is 11.5 Å². The van der Waals surface area contributed by atoms with Crippen LogP contribution in [0.5, 0.6) is 11.5 Å². The number of aliphatic hydroxyl groups is 2. The summed E-state index contributed by atoms with van der Waals surface area (Å²) in [7, 11) is 0. The van der Waals surface area contributed by atoms with E-state index in [2.05, 4.69) is 15.8 Å². The van der Waals surface area contributed by atoms with Gasteiger partial charge in [0.1, 0.15) is 17.3 Å². The molecule has 3 atom stereocenters. The maximum Gasteiger partial charge on any atom is 0.339 e. The largest absolute Gasteiger partial charge is 0.508 e. The number of carbonyl (C=O) groups excluding carboxylic acids is 3. The Morgan fingerprint density at radius 3 is 2.43 bits per heavy atom. The third-order valence-electron chi connectivity index (χ3n) is 7.94. The molecule has 0 radical (unpaired) electrons. The normalized spacial score (nSPS) is 21.9. The number of hydrazone groups is 1. The number of fused-ring (bicyclic) bond motifs is 3. The smallest absolute Gasteiger partial charge is 0.339 e. The van der Waals surface area contributed by atoms with E-state index in [0.29, 0.717) is 27.8 Å². The molecular weight excluding hydrogens is 587 g/mol. The number of nitrogens with two attached hydrogens (primary N) is 1. The summed E-state index contributed by atoms with van der Waals surface area (Å²) in [5, 5.41) is 52.0. The highest BCUT2D eigenvalue weighted by atomic mass is 35.5. The fourth-order valence-corrected chi connectivity index (χ4v) is 5.85. The maximum absolute atomic E-state index is 13.9. The second-order valence-corrected chi connectivity index (χ2v) is 10.7. The lowest BCUT2D eigenvalue weighted by atomic mass is 9.61. The Morgan fingerprint density at radius 2 is 1.76 bits per heavy atom. The molecule has 0 fully saturated rings.